The first kappa shape index (κ1) is 22.0. The zero-order valence-electron chi connectivity index (χ0n) is 18.4. The molecular weight excluding hydrogens is 436 g/mol. The number of terminal acetylenes is 1. The van der Waals surface area contributed by atoms with Gasteiger partial charge in [-0.3, -0.25) is 0 Å². The molecule has 0 spiro atoms. The van der Waals surface area contributed by atoms with Crippen molar-refractivity contribution in [2.24, 2.45) is 5.16 Å². The number of aliphatic hydroxyl groups is 1. The predicted octanol–water partition coefficient (Wildman–Crippen LogP) is 5.44. The van der Waals surface area contributed by atoms with E-state index in [0.29, 0.717) is 17.9 Å². The molecule has 2 aromatic carbocycles. The van der Waals surface area contributed by atoms with Gasteiger partial charge in [0.05, 0.1) is 22.9 Å². The van der Waals surface area contributed by atoms with Crippen LogP contribution < -0.4 is 0 Å². The Morgan fingerprint density at radius 2 is 2.03 bits per heavy atom. The Morgan fingerprint density at radius 3 is 2.79 bits per heavy atom. The predicted molar refractivity (Wildman–Crippen MR) is 131 cm³/mol. The monoisotopic (exact) mass is 462 g/mol. The Bertz CT molecular complexity index is 1190. The van der Waals surface area contributed by atoms with Crippen LogP contribution >= 0.6 is 11.6 Å². The van der Waals surface area contributed by atoms with Crippen molar-refractivity contribution in [3.8, 4) is 12.3 Å². The lowest BCUT2D eigenvalue weighted by Gasteiger charge is -2.32. The van der Waals surface area contributed by atoms with Crippen LogP contribution in [-0.2, 0) is 16.0 Å². The number of nitrogens with zero attached hydrogens (tertiary/aromatic N) is 2. The van der Waals surface area contributed by atoms with Crippen LogP contribution in [0.1, 0.15) is 54.5 Å². The van der Waals surface area contributed by atoms with E-state index in [-0.39, 0.29) is 18.9 Å². The van der Waals surface area contributed by atoms with Crippen LogP contribution in [0.2, 0.25) is 5.02 Å². The van der Waals surface area contributed by atoms with Crippen molar-refractivity contribution in [1.29, 1.82) is 0 Å². The molecular formula is C27H27ClN2O3. The number of hydrogen-bond acceptors (Lipinski definition) is 4. The molecule has 1 saturated carbocycles. The van der Waals surface area contributed by atoms with Gasteiger partial charge in [0.25, 0.3) is 0 Å². The van der Waals surface area contributed by atoms with E-state index in [1.165, 1.54) is 24.0 Å². The van der Waals surface area contributed by atoms with Crippen molar-refractivity contribution in [3.05, 3.63) is 70.4 Å². The maximum atomic E-state index is 10.5. The molecule has 1 aliphatic heterocycles. The number of benzene rings is 2. The maximum absolute atomic E-state index is 10.5. The van der Waals surface area contributed by atoms with Crippen molar-refractivity contribution in [3.63, 3.8) is 0 Å². The average Bonchev–Trinajstić information content (AvgIpc) is 3.59. The number of fused-ring (bicyclic) bond motifs is 1. The summed E-state index contributed by atoms with van der Waals surface area (Å²) in [5.74, 6) is 3.11. The van der Waals surface area contributed by atoms with Gasteiger partial charge in [-0.15, -0.1) is 6.42 Å². The second-order valence-electron chi connectivity index (χ2n) is 8.87. The quantitative estimate of drug-likeness (QED) is 0.220. The minimum Gasteiger partial charge on any atom is -0.393 e. The van der Waals surface area contributed by atoms with Crippen LogP contribution in [0.5, 0.6) is 0 Å². The first-order valence-electron chi connectivity index (χ1n) is 11.4. The number of ether oxygens (including phenoxy) is 1. The van der Waals surface area contributed by atoms with Crippen molar-refractivity contribution >= 4 is 28.7 Å². The Balaban J connectivity index is 1.42. The topological polar surface area (TPSA) is 56.0 Å². The molecule has 1 saturated heterocycles. The zero-order valence-corrected chi connectivity index (χ0v) is 19.1. The van der Waals surface area contributed by atoms with Gasteiger partial charge in [0.2, 0.25) is 0 Å². The molecule has 1 aliphatic carbocycles. The summed E-state index contributed by atoms with van der Waals surface area (Å²) in [5, 5.41) is 16.1. The third kappa shape index (κ3) is 4.94. The van der Waals surface area contributed by atoms with Gasteiger partial charge in [-0.1, -0.05) is 53.0 Å². The summed E-state index contributed by atoms with van der Waals surface area (Å²) in [6.07, 6.45) is 12.0. The van der Waals surface area contributed by atoms with E-state index in [1.54, 1.807) is 6.21 Å². The Morgan fingerprint density at radius 1 is 1.21 bits per heavy atom. The largest absolute Gasteiger partial charge is 0.393 e. The van der Waals surface area contributed by atoms with Gasteiger partial charge in [0.15, 0.2) is 6.61 Å². The minimum atomic E-state index is -0.511. The molecule has 3 atom stereocenters. The second-order valence-corrected chi connectivity index (χ2v) is 9.28. The lowest BCUT2D eigenvalue weighted by atomic mass is 10.0. The molecule has 33 heavy (non-hydrogen) atoms. The molecule has 3 aromatic rings. The molecule has 1 aromatic heterocycles. The van der Waals surface area contributed by atoms with E-state index < -0.39 is 6.10 Å². The van der Waals surface area contributed by atoms with Gasteiger partial charge in [-0.25, -0.2) is 0 Å². The van der Waals surface area contributed by atoms with E-state index >= 15 is 0 Å². The molecule has 6 heteroatoms. The fourth-order valence-electron chi connectivity index (χ4n) is 4.63. The highest BCUT2D eigenvalue weighted by atomic mass is 35.5. The number of hydrogen-bond donors (Lipinski definition) is 1. The molecule has 2 fully saturated rings. The van der Waals surface area contributed by atoms with Crippen LogP contribution in [0.15, 0.2) is 53.8 Å². The van der Waals surface area contributed by atoms with Crippen molar-refractivity contribution in [1.82, 2.24) is 4.57 Å². The summed E-state index contributed by atoms with van der Waals surface area (Å²) in [4.78, 5) is 4.99. The van der Waals surface area contributed by atoms with Crippen LogP contribution in [0.3, 0.4) is 0 Å². The molecule has 170 valence electrons. The number of rotatable bonds is 7. The molecule has 0 bridgehead atoms. The van der Waals surface area contributed by atoms with Crippen LogP contribution in [0, 0.1) is 12.3 Å². The van der Waals surface area contributed by atoms with Gasteiger partial charge in [0.1, 0.15) is 12.3 Å². The minimum absolute atomic E-state index is 0.0981. The number of aliphatic hydroxyl groups excluding tert-OH is 1. The zero-order chi connectivity index (χ0) is 22.8. The Hall–Kier alpha value is -2.78. The first-order valence-corrected chi connectivity index (χ1v) is 11.8. The number of halogens is 1. The van der Waals surface area contributed by atoms with E-state index in [4.69, 9.17) is 27.6 Å². The molecule has 0 amide bonds. The highest BCUT2D eigenvalue weighted by molar-refractivity contribution is 6.35. The maximum Gasteiger partial charge on any atom is 0.177 e. The Labute approximate surface area is 198 Å². The van der Waals surface area contributed by atoms with Gasteiger partial charge in [0, 0.05) is 24.4 Å². The van der Waals surface area contributed by atoms with E-state index in [2.05, 4.69) is 46.1 Å². The summed E-state index contributed by atoms with van der Waals surface area (Å²) in [6.45, 7) is 0.0981. The normalized spacial score (nSPS) is 23.1. The second kappa shape index (κ2) is 9.61. The van der Waals surface area contributed by atoms with Crippen molar-refractivity contribution in [2.75, 3.05) is 6.61 Å². The fraction of sp³-hybridized carbons (Fsp3) is 0.370. The lowest BCUT2D eigenvalue weighted by Crippen LogP contribution is -2.34. The third-order valence-electron chi connectivity index (χ3n) is 6.38. The van der Waals surface area contributed by atoms with Crippen molar-refractivity contribution in [2.45, 2.75) is 56.5 Å². The first-order chi connectivity index (χ1) is 16.1. The van der Waals surface area contributed by atoms with Crippen LogP contribution in [-0.4, -0.2) is 34.7 Å². The highest BCUT2D eigenvalue weighted by Crippen LogP contribution is 2.40. The third-order valence-corrected chi connectivity index (χ3v) is 6.69. The molecule has 5 rings (SSSR count). The summed E-state index contributed by atoms with van der Waals surface area (Å²) < 4.78 is 8.35. The standard InChI is InChI=1S/C27H27ClN2O3/c1-2-12-32-29-16-23-14-22(31)15-26(33-23)30-17-21(27-24(28)4-3-5-25(27)30)13-18-6-8-19(9-7-18)20-10-11-20/h1,3-9,16-17,20,22-23,26,31H,10-15H2/b29-16+/t22-,23-,26+/m0/s1. The van der Waals surface area contributed by atoms with Gasteiger partial charge >= 0.3 is 0 Å². The number of aromatic nitrogens is 1. The lowest BCUT2D eigenvalue weighted by molar-refractivity contribution is -0.100. The fourth-order valence-corrected chi connectivity index (χ4v) is 4.93. The van der Waals surface area contributed by atoms with Gasteiger partial charge in [-0.2, -0.15) is 0 Å². The summed E-state index contributed by atoms with van der Waals surface area (Å²) in [7, 11) is 0. The van der Waals surface area contributed by atoms with Crippen LogP contribution in [0.25, 0.3) is 10.9 Å². The average molecular weight is 463 g/mol. The highest BCUT2D eigenvalue weighted by Gasteiger charge is 2.30. The molecule has 2 heterocycles. The molecule has 2 aliphatic rings. The molecule has 0 unspecified atom stereocenters. The van der Waals surface area contributed by atoms with E-state index in [1.807, 2.05) is 18.2 Å². The van der Waals surface area contributed by atoms with E-state index in [9.17, 15) is 5.11 Å². The molecule has 1 N–H and O–H groups in total. The van der Waals surface area contributed by atoms with Gasteiger partial charge < -0.3 is 19.2 Å². The van der Waals surface area contributed by atoms with Crippen LogP contribution in [0.4, 0.5) is 0 Å². The SMILES string of the molecule is C#CCO/N=C/[C@@H]1C[C@H](O)C[C@H](n2cc(Cc3ccc(C4CC4)cc3)c3c(Cl)cccc32)O1. The number of oxime groups is 1. The van der Waals surface area contributed by atoms with Gasteiger partial charge in [-0.05, 0) is 54.0 Å². The van der Waals surface area contributed by atoms with Crippen molar-refractivity contribution < 1.29 is 14.7 Å². The molecule has 0 radical (unpaired) electrons. The Kier molecular flexibility index (Phi) is 6.41. The molecule has 5 nitrogen and oxygen atoms in total. The van der Waals surface area contributed by atoms with E-state index in [0.717, 1.165) is 28.8 Å². The summed E-state index contributed by atoms with van der Waals surface area (Å²) in [6, 6.07) is 14.9. The summed E-state index contributed by atoms with van der Waals surface area (Å²) >= 11 is 6.65. The smallest absolute Gasteiger partial charge is 0.177 e. The summed E-state index contributed by atoms with van der Waals surface area (Å²) in [5.41, 5.74) is 4.81.